The highest BCUT2D eigenvalue weighted by atomic mass is 79.9. The Morgan fingerprint density at radius 3 is 2.80 bits per heavy atom. The average molecular weight is 342 g/mol. The molecule has 0 bridgehead atoms. The van der Waals surface area contributed by atoms with Crippen LogP contribution in [-0.2, 0) is 11.3 Å². The number of hydrogen-bond donors (Lipinski definition) is 3. The summed E-state index contributed by atoms with van der Waals surface area (Å²) in [5.74, 6) is -1.06. The Labute approximate surface area is 122 Å². The summed E-state index contributed by atoms with van der Waals surface area (Å²) in [4.78, 5) is 22.2. The van der Waals surface area contributed by atoms with Crippen LogP contribution in [0.1, 0.15) is 11.1 Å². The predicted octanol–water partition coefficient (Wildman–Crippen LogP) is 1.74. The lowest BCUT2D eigenvalue weighted by molar-refractivity contribution is -0.136. The summed E-state index contributed by atoms with van der Waals surface area (Å²) >= 11 is 3.15. The Hall–Kier alpha value is -1.86. The van der Waals surface area contributed by atoms with Crippen LogP contribution >= 0.6 is 15.9 Å². The van der Waals surface area contributed by atoms with Gasteiger partial charge in [0.1, 0.15) is 15.8 Å². The normalized spacial score (nSPS) is 10.9. The van der Waals surface area contributed by atoms with Gasteiger partial charge in [-0.05, 0) is 40.5 Å². The van der Waals surface area contributed by atoms with Crippen molar-refractivity contribution in [3.05, 3.63) is 38.2 Å². The summed E-state index contributed by atoms with van der Waals surface area (Å²) in [6.07, 6.45) is 0. The quantitative estimate of drug-likeness (QED) is 0.732. The van der Waals surface area contributed by atoms with E-state index in [1.165, 1.54) is 6.07 Å². The summed E-state index contributed by atoms with van der Waals surface area (Å²) in [7, 11) is 0. The largest absolute Gasteiger partial charge is 0.507 e. The number of carbonyl (C=O) groups is 1. The molecule has 20 heavy (non-hydrogen) atoms. The Balaban J connectivity index is 2.55. The lowest BCUT2D eigenvalue weighted by atomic mass is 10.1. The number of fused-ring (bicyclic) bond motifs is 1. The second-order valence-electron chi connectivity index (χ2n) is 4.27. The number of carboxylic acid groups (broad SMARTS) is 1. The predicted molar refractivity (Wildman–Crippen MR) is 75.9 cm³/mol. The first-order valence-corrected chi connectivity index (χ1v) is 6.57. The maximum Gasteiger partial charge on any atom is 0.350 e. The first-order chi connectivity index (χ1) is 9.41. The number of aliphatic carboxylic acids is 1. The fourth-order valence-electron chi connectivity index (χ4n) is 1.90. The molecule has 0 radical (unpaired) electrons. The van der Waals surface area contributed by atoms with Gasteiger partial charge in [0.15, 0.2) is 0 Å². The molecular weight excluding hydrogens is 330 g/mol. The SMILES string of the molecule is Cc1c(Br)c(=O)oc2c(CNCC(=O)O)c(O)ccc12. The number of hydrogen-bond acceptors (Lipinski definition) is 5. The molecule has 1 aromatic heterocycles. The number of rotatable bonds is 4. The van der Waals surface area contributed by atoms with Crippen LogP contribution in [0.5, 0.6) is 5.75 Å². The van der Waals surface area contributed by atoms with Crippen molar-refractivity contribution in [2.75, 3.05) is 6.54 Å². The summed E-state index contributed by atoms with van der Waals surface area (Å²) in [6, 6.07) is 3.13. The maximum atomic E-state index is 11.7. The summed E-state index contributed by atoms with van der Waals surface area (Å²) in [5, 5.41) is 21.8. The highest BCUT2D eigenvalue weighted by Crippen LogP contribution is 2.30. The van der Waals surface area contributed by atoms with Crippen LogP contribution in [-0.4, -0.2) is 22.7 Å². The van der Waals surface area contributed by atoms with Crippen LogP contribution in [0.2, 0.25) is 0 Å². The van der Waals surface area contributed by atoms with Crippen molar-refractivity contribution in [3.63, 3.8) is 0 Å². The van der Waals surface area contributed by atoms with Crippen molar-refractivity contribution < 1.29 is 19.4 Å². The van der Waals surface area contributed by atoms with E-state index in [0.29, 0.717) is 21.0 Å². The molecule has 0 amide bonds. The minimum atomic E-state index is -1.01. The van der Waals surface area contributed by atoms with Gasteiger partial charge in [-0.15, -0.1) is 0 Å². The van der Waals surface area contributed by atoms with Gasteiger partial charge in [0.2, 0.25) is 0 Å². The summed E-state index contributed by atoms with van der Waals surface area (Å²) < 4.78 is 5.53. The molecule has 3 N–H and O–H groups in total. The zero-order valence-electron chi connectivity index (χ0n) is 10.6. The standard InChI is InChI=1S/C13H12BrNO5/c1-6-7-2-3-9(16)8(4-15-5-10(17)18)12(7)20-13(19)11(6)14/h2-3,15-16H,4-5H2,1H3,(H,17,18). The monoisotopic (exact) mass is 341 g/mol. The van der Waals surface area contributed by atoms with E-state index in [1.807, 2.05) is 0 Å². The van der Waals surface area contributed by atoms with Gasteiger partial charge in [-0.2, -0.15) is 0 Å². The minimum absolute atomic E-state index is 0.0553. The second kappa shape index (κ2) is 5.64. The van der Waals surface area contributed by atoms with Gasteiger partial charge >= 0.3 is 11.6 Å². The van der Waals surface area contributed by atoms with Gasteiger partial charge in [0.25, 0.3) is 0 Å². The zero-order chi connectivity index (χ0) is 14.9. The van der Waals surface area contributed by atoms with Gasteiger partial charge in [-0.25, -0.2) is 4.79 Å². The number of phenolic OH excluding ortho intramolecular Hbond substituents is 1. The van der Waals surface area contributed by atoms with Gasteiger partial charge in [0.05, 0.1) is 12.1 Å². The molecule has 0 atom stereocenters. The smallest absolute Gasteiger partial charge is 0.350 e. The van der Waals surface area contributed by atoms with E-state index < -0.39 is 11.6 Å². The molecule has 0 spiro atoms. The third-order valence-electron chi connectivity index (χ3n) is 2.92. The molecule has 2 rings (SSSR count). The van der Waals surface area contributed by atoms with E-state index in [-0.39, 0.29) is 24.4 Å². The summed E-state index contributed by atoms with van der Waals surface area (Å²) in [6.45, 7) is 1.59. The minimum Gasteiger partial charge on any atom is -0.507 e. The number of phenols is 1. The fourth-order valence-corrected chi connectivity index (χ4v) is 2.20. The Morgan fingerprint density at radius 2 is 2.15 bits per heavy atom. The van der Waals surface area contributed by atoms with E-state index >= 15 is 0 Å². The van der Waals surface area contributed by atoms with Crippen molar-refractivity contribution in [3.8, 4) is 5.75 Å². The third-order valence-corrected chi connectivity index (χ3v) is 3.84. The molecule has 106 valence electrons. The topological polar surface area (TPSA) is 99.8 Å². The van der Waals surface area contributed by atoms with E-state index in [9.17, 15) is 14.7 Å². The first-order valence-electron chi connectivity index (χ1n) is 5.78. The van der Waals surface area contributed by atoms with Crippen LogP contribution in [0.15, 0.2) is 25.8 Å². The zero-order valence-corrected chi connectivity index (χ0v) is 12.2. The third kappa shape index (κ3) is 2.68. The Bertz CT molecular complexity index is 738. The Kier molecular flexibility index (Phi) is 4.10. The number of aryl methyl sites for hydroxylation is 1. The molecule has 0 aliphatic heterocycles. The van der Waals surface area contributed by atoms with Crippen molar-refractivity contribution in [1.82, 2.24) is 5.32 Å². The van der Waals surface area contributed by atoms with Crippen LogP contribution in [0.3, 0.4) is 0 Å². The van der Waals surface area contributed by atoms with Crippen LogP contribution < -0.4 is 10.9 Å². The number of aromatic hydroxyl groups is 1. The number of benzene rings is 1. The average Bonchev–Trinajstić information content (AvgIpc) is 2.38. The maximum absolute atomic E-state index is 11.7. The van der Waals surface area contributed by atoms with Crippen LogP contribution in [0.25, 0.3) is 11.0 Å². The van der Waals surface area contributed by atoms with Gasteiger partial charge in [-0.3, -0.25) is 4.79 Å². The van der Waals surface area contributed by atoms with Gasteiger partial charge < -0.3 is 19.9 Å². The first kappa shape index (κ1) is 14.5. The number of carboxylic acids is 1. The molecule has 0 aliphatic rings. The van der Waals surface area contributed by atoms with Crippen LogP contribution in [0, 0.1) is 6.92 Å². The van der Waals surface area contributed by atoms with Crippen molar-refractivity contribution in [2.24, 2.45) is 0 Å². The van der Waals surface area contributed by atoms with E-state index in [0.717, 1.165) is 0 Å². The molecule has 0 saturated heterocycles. The van der Waals surface area contributed by atoms with Crippen molar-refractivity contribution in [1.29, 1.82) is 0 Å². The number of nitrogens with one attached hydrogen (secondary N) is 1. The molecule has 0 aliphatic carbocycles. The van der Waals surface area contributed by atoms with Crippen LogP contribution in [0.4, 0.5) is 0 Å². The van der Waals surface area contributed by atoms with E-state index in [2.05, 4.69) is 21.2 Å². The molecule has 7 heteroatoms. The second-order valence-corrected chi connectivity index (χ2v) is 5.06. The molecule has 0 unspecified atom stereocenters. The summed E-state index contributed by atoms with van der Waals surface area (Å²) in [5.41, 5.74) is 0.779. The van der Waals surface area contributed by atoms with Gasteiger partial charge in [-0.1, -0.05) is 0 Å². The highest BCUT2D eigenvalue weighted by Gasteiger charge is 2.15. The van der Waals surface area contributed by atoms with E-state index in [1.54, 1.807) is 13.0 Å². The van der Waals surface area contributed by atoms with Gasteiger partial charge in [0, 0.05) is 11.9 Å². The molecule has 6 nitrogen and oxygen atoms in total. The Morgan fingerprint density at radius 1 is 1.45 bits per heavy atom. The number of halogens is 1. The van der Waals surface area contributed by atoms with Crippen molar-refractivity contribution in [2.45, 2.75) is 13.5 Å². The lowest BCUT2D eigenvalue weighted by Crippen LogP contribution is -2.22. The molecule has 0 fully saturated rings. The van der Waals surface area contributed by atoms with Crippen molar-refractivity contribution >= 4 is 32.9 Å². The lowest BCUT2D eigenvalue weighted by Gasteiger charge is -2.10. The molecule has 0 saturated carbocycles. The molecule has 1 heterocycles. The van der Waals surface area contributed by atoms with E-state index in [4.69, 9.17) is 9.52 Å². The highest BCUT2D eigenvalue weighted by molar-refractivity contribution is 9.10. The molecular formula is C13H12BrNO5. The fraction of sp³-hybridized carbons (Fsp3) is 0.231. The molecule has 1 aromatic carbocycles. The molecule has 2 aromatic rings.